The zero-order valence-corrected chi connectivity index (χ0v) is 6.51. The van der Waals surface area contributed by atoms with Crippen molar-refractivity contribution in [3.05, 3.63) is 12.2 Å². The Labute approximate surface area is 62.5 Å². The molecule has 3 atom stereocenters. The summed E-state index contributed by atoms with van der Waals surface area (Å²) in [6.07, 6.45) is 7.38. The average Bonchev–Trinajstić information content (AvgIpc) is 2.12. The fourth-order valence-electron chi connectivity index (χ4n) is 2.01. The fourth-order valence-corrected chi connectivity index (χ4v) is 2.01. The van der Waals surface area contributed by atoms with Gasteiger partial charge in [0, 0.05) is 6.04 Å². The molecule has 1 heteroatoms. The summed E-state index contributed by atoms with van der Waals surface area (Å²) in [5, 5.41) is 3.48. The van der Waals surface area contributed by atoms with Gasteiger partial charge >= 0.3 is 0 Å². The second-order valence-electron chi connectivity index (χ2n) is 3.54. The van der Waals surface area contributed by atoms with Crippen LogP contribution in [0.3, 0.4) is 0 Å². The standard InChI is InChI=1S/C9H15N/c1-7-3-2-4-8(7)9-5-6-10-9/h2-3,7-10H,4-6H2,1H3/t7?,8-,9?/m1/s1. The van der Waals surface area contributed by atoms with Gasteiger partial charge in [0.25, 0.3) is 0 Å². The molecule has 10 heavy (non-hydrogen) atoms. The number of hydrogen-bond donors (Lipinski definition) is 1. The first-order chi connectivity index (χ1) is 4.88. The molecule has 0 aromatic rings. The number of nitrogens with one attached hydrogen (secondary N) is 1. The predicted molar refractivity (Wildman–Crippen MR) is 42.8 cm³/mol. The Kier molecular flexibility index (Phi) is 1.53. The van der Waals surface area contributed by atoms with Gasteiger partial charge in [-0.25, -0.2) is 0 Å². The quantitative estimate of drug-likeness (QED) is 0.541. The van der Waals surface area contributed by atoms with E-state index in [0.29, 0.717) is 0 Å². The largest absolute Gasteiger partial charge is 0.314 e. The van der Waals surface area contributed by atoms with Crippen molar-refractivity contribution in [1.82, 2.24) is 5.32 Å². The van der Waals surface area contributed by atoms with Crippen molar-refractivity contribution in [3.8, 4) is 0 Å². The fraction of sp³-hybridized carbons (Fsp3) is 0.778. The van der Waals surface area contributed by atoms with E-state index in [2.05, 4.69) is 24.4 Å². The minimum absolute atomic E-state index is 0.817. The first-order valence-corrected chi connectivity index (χ1v) is 4.28. The van der Waals surface area contributed by atoms with E-state index < -0.39 is 0 Å². The van der Waals surface area contributed by atoms with E-state index in [1.807, 2.05) is 0 Å². The van der Waals surface area contributed by atoms with Crippen LogP contribution in [0.25, 0.3) is 0 Å². The van der Waals surface area contributed by atoms with Crippen molar-refractivity contribution in [2.75, 3.05) is 6.54 Å². The molecule has 1 aliphatic carbocycles. The van der Waals surface area contributed by atoms with Crippen molar-refractivity contribution in [3.63, 3.8) is 0 Å². The topological polar surface area (TPSA) is 12.0 Å². The van der Waals surface area contributed by atoms with Crippen LogP contribution in [0.2, 0.25) is 0 Å². The van der Waals surface area contributed by atoms with E-state index in [9.17, 15) is 0 Å². The van der Waals surface area contributed by atoms with Gasteiger partial charge in [0.2, 0.25) is 0 Å². The van der Waals surface area contributed by atoms with E-state index in [1.54, 1.807) is 0 Å². The molecule has 0 spiro atoms. The van der Waals surface area contributed by atoms with Gasteiger partial charge in [0.1, 0.15) is 0 Å². The van der Waals surface area contributed by atoms with Gasteiger partial charge < -0.3 is 5.32 Å². The van der Waals surface area contributed by atoms with Crippen molar-refractivity contribution in [2.45, 2.75) is 25.8 Å². The van der Waals surface area contributed by atoms with Gasteiger partial charge in [0.05, 0.1) is 0 Å². The van der Waals surface area contributed by atoms with Crippen LogP contribution >= 0.6 is 0 Å². The van der Waals surface area contributed by atoms with Crippen molar-refractivity contribution < 1.29 is 0 Å². The molecule has 1 nitrogen and oxygen atoms in total. The third-order valence-corrected chi connectivity index (χ3v) is 2.90. The minimum Gasteiger partial charge on any atom is -0.314 e. The lowest BCUT2D eigenvalue weighted by Crippen LogP contribution is -2.48. The van der Waals surface area contributed by atoms with Gasteiger partial charge in [-0.1, -0.05) is 19.1 Å². The first kappa shape index (κ1) is 6.41. The normalized spacial score (nSPS) is 45.5. The second-order valence-corrected chi connectivity index (χ2v) is 3.54. The average molecular weight is 137 g/mol. The summed E-state index contributed by atoms with van der Waals surface area (Å²) in [6.45, 7) is 3.57. The monoisotopic (exact) mass is 137 g/mol. The van der Waals surface area contributed by atoms with E-state index in [4.69, 9.17) is 0 Å². The zero-order valence-electron chi connectivity index (χ0n) is 6.51. The maximum absolute atomic E-state index is 3.48. The molecule has 0 aromatic carbocycles. The SMILES string of the molecule is CC1C=CC[C@H]1C1CCN1. The Morgan fingerprint density at radius 3 is 2.70 bits per heavy atom. The highest BCUT2D eigenvalue weighted by molar-refractivity contribution is 5.04. The molecule has 2 rings (SSSR count). The molecule has 0 amide bonds. The van der Waals surface area contributed by atoms with Crippen molar-refractivity contribution in [2.24, 2.45) is 11.8 Å². The molecule has 0 saturated carbocycles. The van der Waals surface area contributed by atoms with Crippen LogP contribution in [0.1, 0.15) is 19.8 Å². The molecule has 1 N–H and O–H groups in total. The molecule has 0 aromatic heterocycles. The van der Waals surface area contributed by atoms with Crippen LogP contribution in [0.4, 0.5) is 0 Å². The zero-order chi connectivity index (χ0) is 6.97. The molecule has 0 radical (unpaired) electrons. The van der Waals surface area contributed by atoms with Crippen LogP contribution in [0.5, 0.6) is 0 Å². The summed E-state index contributed by atoms with van der Waals surface area (Å²) in [5.41, 5.74) is 0. The summed E-state index contributed by atoms with van der Waals surface area (Å²) in [5.74, 6) is 1.73. The minimum atomic E-state index is 0.817. The Bertz CT molecular complexity index is 147. The molecule has 1 saturated heterocycles. The van der Waals surface area contributed by atoms with E-state index in [1.165, 1.54) is 19.4 Å². The summed E-state index contributed by atoms with van der Waals surface area (Å²) < 4.78 is 0. The second kappa shape index (κ2) is 2.39. The molecular weight excluding hydrogens is 122 g/mol. The molecule has 2 unspecified atom stereocenters. The first-order valence-electron chi connectivity index (χ1n) is 4.28. The number of allylic oxidation sites excluding steroid dienone is 2. The third kappa shape index (κ3) is 0.891. The molecular formula is C9H15N. The number of hydrogen-bond acceptors (Lipinski definition) is 1. The van der Waals surface area contributed by atoms with Gasteiger partial charge in [-0.2, -0.15) is 0 Å². The summed E-state index contributed by atoms with van der Waals surface area (Å²) in [6, 6.07) is 0.838. The highest BCUT2D eigenvalue weighted by Gasteiger charge is 2.30. The smallest absolute Gasteiger partial charge is 0.0116 e. The Hall–Kier alpha value is -0.300. The predicted octanol–water partition coefficient (Wildman–Crippen LogP) is 1.56. The van der Waals surface area contributed by atoms with E-state index >= 15 is 0 Å². The lowest BCUT2D eigenvalue weighted by Gasteiger charge is -2.35. The Morgan fingerprint density at radius 2 is 2.30 bits per heavy atom. The molecule has 2 aliphatic rings. The molecule has 1 fully saturated rings. The van der Waals surface area contributed by atoms with E-state index in [0.717, 1.165) is 17.9 Å². The van der Waals surface area contributed by atoms with Crippen LogP contribution < -0.4 is 5.32 Å². The maximum atomic E-state index is 3.48. The number of rotatable bonds is 1. The lowest BCUT2D eigenvalue weighted by atomic mass is 9.84. The van der Waals surface area contributed by atoms with Gasteiger partial charge in [-0.3, -0.25) is 0 Å². The van der Waals surface area contributed by atoms with Gasteiger partial charge in [0.15, 0.2) is 0 Å². The van der Waals surface area contributed by atoms with Gasteiger partial charge in [-0.15, -0.1) is 0 Å². The van der Waals surface area contributed by atoms with Crippen LogP contribution in [-0.4, -0.2) is 12.6 Å². The van der Waals surface area contributed by atoms with Crippen molar-refractivity contribution in [1.29, 1.82) is 0 Å². The van der Waals surface area contributed by atoms with Crippen LogP contribution in [-0.2, 0) is 0 Å². The highest BCUT2D eigenvalue weighted by Crippen LogP contribution is 2.31. The van der Waals surface area contributed by atoms with E-state index in [-0.39, 0.29) is 0 Å². The molecule has 1 aliphatic heterocycles. The molecule has 0 bridgehead atoms. The van der Waals surface area contributed by atoms with Crippen LogP contribution in [0, 0.1) is 11.8 Å². The van der Waals surface area contributed by atoms with Crippen molar-refractivity contribution >= 4 is 0 Å². The third-order valence-electron chi connectivity index (χ3n) is 2.90. The Morgan fingerprint density at radius 1 is 1.50 bits per heavy atom. The highest BCUT2D eigenvalue weighted by atomic mass is 15.0. The van der Waals surface area contributed by atoms with Crippen LogP contribution in [0.15, 0.2) is 12.2 Å². The lowest BCUT2D eigenvalue weighted by molar-refractivity contribution is 0.233. The summed E-state index contributed by atoms with van der Waals surface area (Å²) in [7, 11) is 0. The summed E-state index contributed by atoms with van der Waals surface area (Å²) in [4.78, 5) is 0. The van der Waals surface area contributed by atoms with Gasteiger partial charge in [-0.05, 0) is 31.2 Å². The molecule has 1 heterocycles. The molecule has 56 valence electrons. The summed E-state index contributed by atoms with van der Waals surface area (Å²) >= 11 is 0. The Balaban J connectivity index is 1.93. The maximum Gasteiger partial charge on any atom is 0.0116 e.